The molecule has 2 unspecified atom stereocenters. The summed E-state index contributed by atoms with van der Waals surface area (Å²) in [5.74, 6) is 1.06. The maximum Gasteiger partial charge on any atom is 0.305 e. The standard InChI is InChI=1S/C35H46N4O2/c1-23-31(28-6-5-20-36-22-28)38-35(18-15-29(16-19-35)34(2,3)4)39(23)33(27-13-14-27)26-11-9-25(10-12-26)32(24-7-8-24)37-21-17-30(40)41/h5-6,9-12,20,22-24,27,29,33H,7-8,13-19,21H2,1-4H3,(H,40,41). The number of pyridine rings is 1. The normalized spacial score (nSPS) is 28.1. The van der Waals surface area contributed by atoms with Gasteiger partial charge in [-0.15, -0.1) is 0 Å². The number of aliphatic carboxylic acids is 1. The highest BCUT2D eigenvalue weighted by atomic mass is 16.4. The molecular weight excluding hydrogens is 508 g/mol. The Kier molecular flexibility index (Phi) is 7.65. The van der Waals surface area contributed by atoms with E-state index in [1.54, 1.807) is 0 Å². The zero-order valence-electron chi connectivity index (χ0n) is 25.2. The van der Waals surface area contributed by atoms with E-state index < -0.39 is 5.97 Å². The quantitative estimate of drug-likeness (QED) is 0.329. The van der Waals surface area contributed by atoms with Crippen molar-refractivity contribution in [2.45, 2.75) is 103 Å². The molecule has 2 atom stereocenters. The van der Waals surface area contributed by atoms with Crippen LogP contribution < -0.4 is 0 Å². The number of aliphatic imine (C=N–C) groups is 2. The van der Waals surface area contributed by atoms with Crippen molar-refractivity contribution < 1.29 is 9.90 Å². The molecule has 41 heavy (non-hydrogen) atoms. The summed E-state index contributed by atoms with van der Waals surface area (Å²) < 4.78 is 0. The lowest BCUT2D eigenvalue weighted by molar-refractivity contribution is -0.136. The van der Waals surface area contributed by atoms with E-state index in [1.807, 2.05) is 18.5 Å². The van der Waals surface area contributed by atoms with Crippen molar-refractivity contribution in [2.75, 3.05) is 6.54 Å². The summed E-state index contributed by atoms with van der Waals surface area (Å²) in [4.78, 5) is 28.7. The van der Waals surface area contributed by atoms with Crippen LogP contribution in [-0.4, -0.2) is 50.6 Å². The van der Waals surface area contributed by atoms with Crippen molar-refractivity contribution in [2.24, 2.45) is 33.2 Å². The second-order valence-corrected chi connectivity index (χ2v) is 14.0. The van der Waals surface area contributed by atoms with Gasteiger partial charge in [-0.1, -0.05) is 51.1 Å². The molecule has 3 saturated carbocycles. The van der Waals surface area contributed by atoms with Crippen molar-refractivity contribution in [1.82, 2.24) is 9.88 Å². The molecule has 1 N–H and O–H groups in total. The van der Waals surface area contributed by atoms with Crippen LogP contribution in [0.25, 0.3) is 0 Å². The smallest absolute Gasteiger partial charge is 0.305 e. The van der Waals surface area contributed by atoms with Crippen LogP contribution in [0, 0.1) is 23.2 Å². The highest BCUT2D eigenvalue weighted by Gasteiger charge is 2.54. The van der Waals surface area contributed by atoms with E-state index >= 15 is 0 Å². The van der Waals surface area contributed by atoms with Crippen LogP contribution in [-0.2, 0) is 4.79 Å². The van der Waals surface area contributed by atoms with Crippen LogP contribution >= 0.6 is 0 Å². The lowest BCUT2D eigenvalue weighted by atomic mass is 9.69. The number of carbonyl (C=O) groups is 1. The molecule has 1 aromatic heterocycles. The lowest BCUT2D eigenvalue weighted by Crippen LogP contribution is -2.52. The van der Waals surface area contributed by atoms with Crippen LogP contribution in [0.3, 0.4) is 0 Å². The van der Waals surface area contributed by atoms with Gasteiger partial charge in [-0.3, -0.25) is 24.7 Å². The van der Waals surface area contributed by atoms with Crippen LogP contribution in [0.2, 0.25) is 0 Å². The van der Waals surface area contributed by atoms with Crippen LogP contribution in [0.4, 0.5) is 0 Å². The zero-order chi connectivity index (χ0) is 28.8. The second-order valence-electron chi connectivity index (χ2n) is 14.0. The van der Waals surface area contributed by atoms with E-state index in [9.17, 15) is 4.79 Å². The summed E-state index contributed by atoms with van der Waals surface area (Å²) in [6.07, 6.45) is 13.4. The average Bonchev–Trinajstić information content (AvgIpc) is 3.88. The minimum Gasteiger partial charge on any atom is -0.481 e. The number of nitrogens with zero attached hydrogens (tertiary/aromatic N) is 4. The predicted octanol–water partition coefficient (Wildman–Crippen LogP) is 7.33. The summed E-state index contributed by atoms with van der Waals surface area (Å²) in [5.41, 5.74) is 6.11. The molecule has 3 aliphatic carbocycles. The fraction of sp³-hybridized carbons (Fsp3) is 0.600. The Hall–Kier alpha value is -2.86. The molecule has 0 amide bonds. The summed E-state index contributed by atoms with van der Waals surface area (Å²) in [6.45, 7) is 9.89. The SMILES string of the molecule is CC1C(c2cccnc2)=NC2(CCC(C(C)(C)C)CC2)N1C(c1ccc(C(=NCCC(=O)O)C2CC2)cc1)C1CC1. The Labute approximate surface area is 245 Å². The molecule has 6 nitrogen and oxygen atoms in total. The lowest BCUT2D eigenvalue weighted by Gasteiger charge is -2.49. The predicted molar refractivity (Wildman–Crippen MR) is 165 cm³/mol. The Bertz CT molecular complexity index is 1290. The van der Waals surface area contributed by atoms with E-state index in [0.717, 1.165) is 48.4 Å². The minimum atomic E-state index is -0.787. The van der Waals surface area contributed by atoms with Crippen molar-refractivity contribution in [3.05, 3.63) is 65.5 Å². The highest BCUT2D eigenvalue weighted by molar-refractivity contribution is 6.05. The van der Waals surface area contributed by atoms with Gasteiger partial charge in [0.15, 0.2) is 0 Å². The summed E-state index contributed by atoms with van der Waals surface area (Å²) in [7, 11) is 0. The minimum absolute atomic E-state index is 0.0856. The fourth-order valence-electron chi connectivity index (χ4n) is 7.51. The number of benzene rings is 1. The molecular formula is C35H46N4O2. The summed E-state index contributed by atoms with van der Waals surface area (Å²) in [6, 6.07) is 13.9. The molecule has 3 fully saturated rings. The molecule has 0 saturated heterocycles. The number of rotatable bonds is 9. The summed E-state index contributed by atoms with van der Waals surface area (Å²) >= 11 is 0. The Morgan fingerprint density at radius 1 is 1.07 bits per heavy atom. The van der Waals surface area contributed by atoms with E-state index in [4.69, 9.17) is 15.1 Å². The van der Waals surface area contributed by atoms with Gasteiger partial charge in [-0.2, -0.15) is 0 Å². The largest absolute Gasteiger partial charge is 0.481 e. The first-order valence-corrected chi connectivity index (χ1v) is 15.8. The third kappa shape index (κ3) is 5.90. The molecule has 0 radical (unpaired) electrons. The molecule has 0 bridgehead atoms. The maximum atomic E-state index is 11.1. The maximum absolute atomic E-state index is 11.1. The van der Waals surface area contributed by atoms with Crippen LogP contribution in [0.1, 0.15) is 108 Å². The molecule has 4 aliphatic rings. The number of carboxylic acids is 1. The fourth-order valence-corrected chi connectivity index (χ4v) is 7.51. The van der Waals surface area contributed by atoms with Crippen molar-refractivity contribution >= 4 is 17.4 Å². The van der Waals surface area contributed by atoms with Gasteiger partial charge in [0, 0.05) is 42.2 Å². The van der Waals surface area contributed by atoms with Crippen LogP contribution in [0.5, 0.6) is 0 Å². The van der Waals surface area contributed by atoms with Crippen LogP contribution in [0.15, 0.2) is 58.8 Å². The Morgan fingerprint density at radius 3 is 2.34 bits per heavy atom. The molecule has 1 spiro atoms. The monoisotopic (exact) mass is 554 g/mol. The van der Waals surface area contributed by atoms with Crippen molar-refractivity contribution in [1.29, 1.82) is 0 Å². The van der Waals surface area contributed by atoms with E-state index in [-0.39, 0.29) is 18.1 Å². The number of hydrogen-bond donors (Lipinski definition) is 1. The van der Waals surface area contributed by atoms with Gasteiger partial charge in [0.1, 0.15) is 5.66 Å². The van der Waals surface area contributed by atoms with Gasteiger partial charge in [0.2, 0.25) is 0 Å². The van der Waals surface area contributed by atoms with E-state index in [2.05, 4.69) is 67.9 Å². The first-order valence-electron chi connectivity index (χ1n) is 15.8. The number of carboxylic acid groups (broad SMARTS) is 1. The molecule has 6 rings (SSSR count). The average molecular weight is 555 g/mol. The first-order chi connectivity index (χ1) is 19.7. The Morgan fingerprint density at radius 2 is 1.78 bits per heavy atom. The molecule has 2 heterocycles. The van der Waals surface area contributed by atoms with Crippen molar-refractivity contribution in [3.63, 3.8) is 0 Å². The van der Waals surface area contributed by atoms with Gasteiger partial charge in [0.25, 0.3) is 0 Å². The van der Waals surface area contributed by atoms with Gasteiger partial charge in [0.05, 0.1) is 18.2 Å². The topological polar surface area (TPSA) is 78.2 Å². The third-order valence-electron chi connectivity index (χ3n) is 10.1. The molecule has 1 aliphatic heterocycles. The zero-order valence-corrected chi connectivity index (χ0v) is 25.2. The number of aromatic nitrogens is 1. The number of hydrogen-bond acceptors (Lipinski definition) is 5. The molecule has 6 heteroatoms. The molecule has 1 aromatic carbocycles. The van der Waals surface area contributed by atoms with E-state index in [0.29, 0.717) is 29.8 Å². The first kappa shape index (κ1) is 28.3. The van der Waals surface area contributed by atoms with Gasteiger partial charge < -0.3 is 5.11 Å². The van der Waals surface area contributed by atoms with Gasteiger partial charge in [-0.25, -0.2) is 0 Å². The van der Waals surface area contributed by atoms with Gasteiger partial charge >= 0.3 is 5.97 Å². The van der Waals surface area contributed by atoms with Crippen molar-refractivity contribution in [3.8, 4) is 0 Å². The third-order valence-corrected chi connectivity index (χ3v) is 10.1. The summed E-state index contributed by atoms with van der Waals surface area (Å²) in [5, 5.41) is 9.10. The van der Waals surface area contributed by atoms with Gasteiger partial charge in [-0.05, 0) is 92.7 Å². The highest BCUT2D eigenvalue weighted by Crippen LogP contribution is 2.55. The molecule has 218 valence electrons. The second kappa shape index (κ2) is 11.1. The van der Waals surface area contributed by atoms with E-state index in [1.165, 1.54) is 37.0 Å². The molecule has 2 aromatic rings. The Balaban J connectivity index is 1.33.